The fraction of sp³-hybridized carbons (Fsp3) is 0.308. The van der Waals surface area contributed by atoms with Crippen molar-refractivity contribution >= 4 is 31.5 Å². The SMILES string of the molecule is CCS(=O)(=O)C=COCCNC(=O)c1ccc(N)c(S(=O)(=O)O)c1. The molecule has 1 rings (SSSR count). The number of nitrogens with two attached hydrogens (primary N) is 1. The number of carbonyl (C=O) groups excluding carboxylic acids is 1. The van der Waals surface area contributed by atoms with Gasteiger partial charge in [-0.3, -0.25) is 9.35 Å². The third-order valence-corrected chi connectivity index (χ3v) is 5.06. The maximum absolute atomic E-state index is 11.9. The second kappa shape index (κ2) is 8.13. The molecule has 1 aromatic carbocycles. The van der Waals surface area contributed by atoms with Gasteiger partial charge in [0.05, 0.1) is 29.7 Å². The summed E-state index contributed by atoms with van der Waals surface area (Å²) in [5.74, 6) is -0.648. The number of hydrogen-bond acceptors (Lipinski definition) is 7. The number of amides is 1. The smallest absolute Gasteiger partial charge is 0.296 e. The number of sulfone groups is 1. The van der Waals surface area contributed by atoms with Crippen LogP contribution in [0.5, 0.6) is 0 Å². The van der Waals surface area contributed by atoms with Crippen LogP contribution in [0.1, 0.15) is 17.3 Å². The summed E-state index contributed by atoms with van der Waals surface area (Å²) in [7, 11) is -7.81. The first-order valence-corrected chi connectivity index (χ1v) is 9.88. The minimum atomic E-state index is -4.53. The molecule has 0 spiro atoms. The molecule has 0 aromatic heterocycles. The highest BCUT2D eigenvalue weighted by Crippen LogP contribution is 2.19. The first kappa shape index (κ1) is 19.9. The summed E-state index contributed by atoms with van der Waals surface area (Å²) >= 11 is 0. The van der Waals surface area contributed by atoms with Crippen molar-refractivity contribution in [3.63, 3.8) is 0 Å². The Balaban J connectivity index is 2.58. The van der Waals surface area contributed by atoms with Gasteiger partial charge in [0, 0.05) is 5.56 Å². The summed E-state index contributed by atoms with van der Waals surface area (Å²) < 4.78 is 58.5. The zero-order chi connectivity index (χ0) is 18.4. The molecule has 0 heterocycles. The van der Waals surface area contributed by atoms with Crippen molar-refractivity contribution in [2.45, 2.75) is 11.8 Å². The minimum Gasteiger partial charge on any atom is -0.499 e. The van der Waals surface area contributed by atoms with Crippen molar-refractivity contribution in [2.24, 2.45) is 0 Å². The Hall–Kier alpha value is -2.11. The van der Waals surface area contributed by atoms with Crippen molar-refractivity contribution < 1.29 is 30.9 Å². The van der Waals surface area contributed by atoms with E-state index in [0.717, 1.165) is 17.7 Å². The molecule has 0 aliphatic carbocycles. The molecule has 0 aliphatic heterocycles. The van der Waals surface area contributed by atoms with Gasteiger partial charge in [-0.1, -0.05) is 6.92 Å². The fourth-order valence-corrected chi connectivity index (χ4v) is 2.59. The van der Waals surface area contributed by atoms with E-state index in [1.807, 2.05) is 0 Å². The molecule has 0 unspecified atom stereocenters. The Bertz CT molecular complexity index is 830. The van der Waals surface area contributed by atoms with Crippen LogP contribution < -0.4 is 11.1 Å². The number of benzene rings is 1. The van der Waals surface area contributed by atoms with E-state index >= 15 is 0 Å². The average Bonchev–Trinajstić information content (AvgIpc) is 2.49. The Kier molecular flexibility index (Phi) is 6.75. The van der Waals surface area contributed by atoms with E-state index in [-0.39, 0.29) is 30.2 Å². The molecule has 0 atom stereocenters. The van der Waals surface area contributed by atoms with Gasteiger partial charge in [-0.25, -0.2) is 8.42 Å². The number of ether oxygens (including phenoxy) is 1. The van der Waals surface area contributed by atoms with Crippen molar-refractivity contribution in [3.05, 3.63) is 35.4 Å². The Morgan fingerprint density at radius 3 is 2.58 bits per heavy atom. The summed E-state index contributed by atoms with van der Waals surface area (Å²) in [6, 6.07) is 3.44. The molecular weight excluding hydrogens is 360 g/mol. The van der Waals surface area contributed by atoms with E-state index in [1.165, 1.54) is 19.1 Å². The zero-order valence-corrected chi connectivity index (χ0v) is 14.4. The Labute approximate surface area is 140 Å². The quantitative estimate of drug-likeness (QED) is 0.250. The van der Waals surface area contributed by atoms with Gasteiger partial charge in [0.2, 0.25) is 0 Å². The van der Waals surface area contributed by atoms with Gasteiger partial charge >= 0.3 is 0 Å². The number of nitrogens with one attached hydrogen (secondary N) is 1. The second-order valence-corrected chi connectivity index (χ2v) is 8.14. The van der Waals surface area contributed by atoms with E-state index in [2.05, 4.69) is 5.32 Å². The fourth-order valence-electron chi connectivity index (χ4n) is 1.51. The van der Waals surface area contributed by atoms with Gasteiger partial charge in [0.15, 0.2) is 9.84 Å². The molecule has 1 amide bonds. The van der Waals surface area contributed by atoms with Gasteiger partial charge in [-0.2, -0.15) is 8.42 Å². The van der Waals surface area contributed by atoms with Crippen LogP contribution in [0.3, 0.4) is 0 Å². The summed E-state index contributed by atoms with van der Waals surface area (Å²) in [6.45, 7) is 1.57. The minimum absolute atomic E-state index is 0.0130. The van der Waals surface area contributed by atoms with Crippen LogP contribution in [-0.4, -0.2) is 46.2 Å². The molecule has 0 saturated carbocycles. The monoisotopic (exact) mass is 378 g/mol. The summed E-state index contributed by atoms with van der Waals surface area (Å²) in [6.07, 6.45) is 1.02. The average molecular weight is 378 g/mol. The molecule has 4 N–H and O–H groups in total. The van der Waals surface area contributed by atoms with Crippen LogP contribution in [0.15, 0.2) is 34.8 Å². The lowest BCUT2D eigenvalue weighted by molar-refractivity contribution is 0.0942. The van der Waals surface area contributed by atoms with Gasteiger partial charge in [-0.05, 0) is 18.2 Å². The lowest BCUT2D eigenvalue weighted by atomic mass is 10.2. The van der Waals surface area contributed by atoms with Crippen LogP contribution in [0.25, 0.3) is 0 Å². The van der Waals surface area contributed by atoms with Crippen molar-refractivity contribution in [1.29, 1.82) is 0 Å². The predicted molar refractivity (Wildman–Crippen MR) is 87.6 cm³/mol. The number of hydrogen-bond donors (Lipinski definition) is 3. The first-order chi connectivity index (χ1) is 11.1. The maximum atomic E-state index is 11.9. The highest BCUT2D eigenvalue weighted by Gasteiger charge is 2.16. The van der Waals surface area contributed by atoms with E-state index in [0.29, 0.717) is 0 Å². The van der Waals surface area contributed by atoms with Crippen LogP contribution in [-0.2, 0) is 24.7 Å². The topological polar surface area (TPSA) is 153 Å². The molecule has 0 fully saturated rings. The van der Waals surface area contributed by atoms with Crippen molar-refractivity contribution in [3.8, 4) is 0 Å². The van der Waals surface area contributed by atoms with Crippen molar-refractivity contribution in [2.75, 3.05) is 24.6 Å². The summed E-state index contributed by atoms with van der Waals surface area (Å²) in [5.41, 5.74) is 5.24. The lowest BCUT2D eigenvalue weighted by Crippen LogP contribution is -2.27. The molecule has 0 aliphatic rings. The van der Waals surface area contributed by atoms with Crippen LogP contribution >= 0.6 is 0 Å². The predicted octanol–water partition coefficient (Wildman–Crippen LogP) is 0.168. The Morgan fingerprint density at radius 1 is 1.33 bits per heavy atom. The van der Waals surface area contributed by atoms with Crippen LogP contribution in [0.4, 0.5) is 5.69 Å². The first-order valence-electron chi connectivity index (χ1n) is 6.73. The normalized spacial score (nSPS) is 12.2. The van der Waals surface area contributed by atoms with E-state index in [4.69, 9.17) is 15.0 Å². The molecule has 24 heavy (non-hydrogen) atoms. The van der Waals surface area contributed by atoms with Gasteiger partial charge in [0.1, 0.15) is 11.5 Å². The van der Waals surface area contributed by atoms with E-state index < -0.39 is 30.8 Å². The maximum Gasteiger partial charge on any atom is 0.296 e. The van der Waals surface area contributed by atoms with Gasteiger partial charge in [0.25, 0.3) is 16.0 Å². The highest BCUT2D eigenvalue weighted by atomic mass is 32.2. The molecule has 134 valence electrons. The largest absolute Gasteiger partial charge is 0.499 e. The van der Waals surface area contributed by atoms with Gasteiger partial charge in [-0.15, -0.1) is 0 Å². The van der Waals surface area contributed by atoms with E-state index in [9.17, 15) is 21.6 Å². The third-order valence-electron chi connectivity index (χ3n) is 2.82. The highest BCUT2D eigenvalue weighted by molar-refractivity contribution is 7.94. The van der Waals surface area contributed by atoms with Crippen LogP contribution in [0.2, 0.25) is 0 Å². The van der Waals surface area contributed by atoms with E-state index in [1.54, 1.807) is 0 Å². The number of nitrogen functional groups attached to an aromatic ring is 1. The molecule has 9 nitrogen and oxygen atoms in total. The zero-order valence-electron chi connectivity index (χ0n) is 12.8. The number of carbonyl (C=O) groups is 1. The molecule has 1 aromatic rings. The summed E-state index contributed by atoms with van der Waals surface area (Å²) in [5, 5.41) is 3.37. The molecule has 0 radical (unpaired) electrons. The molecule has 0 saturated heterocycles. The molecule has 0 bridgehead atoms. The third kappa shape index (κ3) is 6.18. The second-order valence-electron chi connectivity index (χ2n) is 4.58. The summed E-state index contributed by atoms with van der Waals surface area (Å²) in [4.78, 5) is 11.3. The lowest BCUT2D eigenvalue weighted by Gasteiger charge is -2.07. The molecule has 11 heteroatoms. The van der Waals surface area contributed by atoms with Crippen LogP contribution in [0, 0.1) is 0 Å². The standard InChI is InChI=1S/C13H18N2O7S2/c1-2-23(17,18)8-7-22-6-5-15-13(16)10-3-4-11(14)12(9-10)24(19,20)21/h3-4,7-9H,2,5-6,14H2,1H3,(H,15,16)(H,19,20,21). The molecular formula is C13H18N2O7S2. The van der Waals surface area contributed by atoms with Gasteiger partial charge < -0.3 is 15.8 Å². The number of rotatable bonds is 8. The Morgan fingerprint density at radius 2 is 2.00 bits per heavy atom. The van der Waals surface area contributed by atoms with Crippen molar-refractivity contribution in [1.82, 2.24) is 5.32 Å². The number of anilines is 1.